The van der Waals surface area contributed by atoms with Gasteiger partial charge in [0.15, 0.2) is 0 Å². The summed E-state index contributed by atoms with van der Waals surface area (Å²) in [5.41, 5.74) is 8.88. The predicted molar refractivity (Wildman–Crippen MR) is 85.1 cm³/mol. The van der Waals surface area contributed by atoms with Crippen molar-refractivity contribution in [3.05, 3.63) is 0 Å². The van der Waals surface area contributed by atoms with Crippen LogP contribution >= 0.6 is 0 Å². The van der Waals surface area contributed by atoms with Crippen molar-refractivity contribution in [1.29, 1.82) is 0 Å². The summed E-state index contributed by atoms with van der Waals surface area (Å²) in [6.07, 6.45) is 16.9. The van der Waals surface area contributed by atoms with Crippen LogP contribution in [0.3, 0.4) is 0 Å². The summed E-state index contributed by atoms with van der Waals surface area (Å²) >= 11 is 0. The maximum Gasteiger partial charge on any atom is 0.320 e. The number of carbonyl (C=O) groups is 2. The molecular formula is C15H32N4O2. The second-order valence-corrected chi connectivity index (χ2v) is 6.10. The van der Waals surface area contributed by atoms with Crippen molar-refractivity contribution in [2.75, 3.05) is 0 Å². The topological polar surface area (TPSA) is 133 Å². The van der Waals surface area contributed by atoms with Crippen LogP contribution in [0.5, 0.6) is 0 Å². The minimum atomic E-state index is -0.938. The molecule has 0 aromatic carbocycles. The maximum absolute atomic E-state index is 9.62. The molecule has 0 spiro atoms. The van der Waals surface area contributed by atoms with Crippen LogP contribution in [0.15, 0.2) is 0 Å². The highest BCUT2D eigenvalue weighted by molar-refractivity contribution is 5.91. The number of nitrogens with one attached hydrogen (secondary N) is 1. The standard InChI is InChI=1S/C13H24.C2H5N3O2.H3N/c1-3-7-12(8-4-1)11-13-9-5-2-6-10-13;3-1(6)5-2(4)7;/h12-13H,1-11H2;(H5,3,4,5,6,7);1H3. The van der Waals surface area contributed by atoms with E-state index in [1.807, 2.05) is 0 Å². The van der Waals surface area contributed by atoms with Crippen LogP contribution in [-0.2, 0) is 0 Å². The van der Waals surface area contributed by atoms with Crippen LogP contribution in [0.4, 0.5) is 9.59 Å². The highest BCUT2D eigenvalue weighted by Crippen LogP contribution is 2.34. The average molecular weight is 300 g/mol. The Bertz CT molecular complexity index is 270. The van der Waals surface area contributed by atoms with Gasteiger partial charge in [-0.05, 0) is 18.3 Å². The van der Waals surface area contributed by atoms with Gasteiger partial charge >= 0.3 is 12.1 Å². The van der Waals surface area contributed by atoms with Gasteiger partial charge in [0.25, 0.3) is 0 Å². The fraction of sp³-hybridized carbons (Fsp3) is 0.867. The number of amides is 4. The number of carbonyl (C=O) groups excluding carboxylic acids is 2. The zero-order valence-corrected chi connectivity index (χ0v) is 13.1. The average Bonchev–Trinajstić information content (AvgIpc) is 2.40. The van der Waals surface area contributed by atoms with Gasteiger partial charge in [-0.3, -0.25) is 5.32 Å². The summed E-state index contributed by atoms with van der Waals surface area (Å²) in [5, 5.41) is 1.58. The molecule has 21 heavy (non-hydrogen) atoms. The first kappa shape index (κ1) is 19.7. The molecule has 2 aliphatic rings. The van der Waals surface area contributed by atoms with E-state index in [1.165, 1.54) is 38.5 Å². The number of imide groups is 1. The Labute approximate surface area is 128 Å². The maximum atomic E-state index is 9.62. The van der Waals surface area contributed by atoms with E-state index >= 15 is 0 Å². The van der Waals surface area contributed by atoms with Crippen molar-refractivity contribution in [1.82, 2.24) is 11.5 Å². The molecular weight excluding hydrogens is 268 g/mol. The van der Waals surface area contributed by atoms with E-state index in [4.69, 9.17) is 0 Å². The molecule has 0 aliphatic heterocycles. The fourth-order valence-electron chi connectivity index (χ4n) is 3.44. The molecule has 0 bridgehead atoms. The first-order valence-electron chi connectivity index (χ1n) is 7.94. The van der Waals surface area contributed by atoms with E-state index in [0.29, 0.717) is 0 Å². The second-order valence-electron chi connectivity index (χ2n) is 6.10. The zero-order valence-electron chi connectivity index (χ0n) is 13.1. The highest BCUT2D eigenvalue weighted by atomic mass is 16.2. The first-order valence-corrected chi connectivity index (χ1v) is 7.94. The molecule has 0 aromatic heterocycles. The van der Waals surface area contributed by atoms with Crippen molar-refractivity contribution < 1.29 is 9.59 Å². The second kappa shape index (κ2) is 11.4. The van der Waals surface area contributed by atoms with E-state index < -0.39 is 12.1 Å². The number of primary amides is 2. The third-order valence-electron chi connectivity index (χ3n) is 4.36. The molecule has 0 heterocycles. The number of urea groups is 2. The fourth-order valence-corrected chi connectivity index (χ4v) is 3.44. The summed E-state index contributed by atoms with van der Waals surface area (Å²) in [7, 11) is 0. The van der Waals surface area contributed by atoms with Crippen LogP contribution < -0.4 is 22.9 Å². The van der Waals surface area contributed by atoms with Gasteiger partial charge < -0.3 is 17.6 Å². The van der Waals surface area contributed by atoms with Crippen molar-refractivity contribution in [2.45, 2.75) is 70.6 Å². The van der Waals surface area contributed by atoms with Gasteiger partial charge in [-0.15, -0.1) is 0 Å². The molecule has 2 rings (SSSR count). The lowest BCUT2D eigenvalue weighted by atomic mass is 9.78. The molecule has 0 aromatic rings. The van der Waals surface area contributed by atoms with E-state index in [-0.39, 0.29) is 6.15 Å². The molecule has 0 radical (unpaired) electrons. The summed E-state index contributed by atoms with van der Waals surface area (Å²) in [5.74, 6) is 2.24. The first-order chi connectivity index (χ1) is 9.58. The summed E-state index contributed by atoms with van der Waals surface area (Å²) in [6, 6.07) is -1.88. The molecule has 124 valence electrons. The quantitative estimate of drug-likeness (QED) is 0.622. The highest BCUT2D eigenvalue weighted by Gasteiger charge is 2.20. The lowest BCUT2D eigenvalue weighted by Gasteiger charge is -2.28. The zero-order chi connectivity index (χ0) is 14.8. The number of nitrogens with two attached hydrogens (primary N) is 2. The van der Waals surface area contributed by atoms with Gasteiger partial charge in [0.2, 0.25) is 0 Å². The van der Waals surface area contributed by atoms with Crippen LogP contribution in [-0.4, -0.2) is 12.1 Å². The van der Waals surface area contributed by atoms with E-state index in [9.17, 15) is 9.59 Å². The minimum Gasteiger partial charge on any atom is -0.351 e. The van der Waals surface area contributed by atoms with Crippen LogP contribution in [0.2, 0.25) is 0 Å². The lowest BCUT2D eigenvalue weighted by Crippen LogP contribution is -2.38. The van der Waals surface area contributed by atoms with Gasteiger partial charge in [0.05, 0.1) is 0 Å². The Morgan fingerprint density at radius 2 is 1.10 bits per heavy atom. The van der Waals surface area contributed by atoms with Crippen molar-refractivity contribution in [2.24, 2.45) is 23.3 Å². The summed E-state index contributed by atoms with van der Waals surface area (Å²) in [4.78, 5) is 19.2. The van der Waals surface area contributed by atoms with Crippen LogP contribution in [0, 0.1) is 11.8 Å². The smallest absolute Gasteiger partial charge is 0.320 e. The Balaban J connectivity index is 0.000000436. The predicted octanol–water partition coefficient (Wildman–Crippen LogP) is 3.43. The van der Waals surface area contributed by atoms with E-state index in [2.05, 4.69) is 11.5 Å². The Kier molecular flexibility index (Phi) is 10.7. The monoisotopic (exact) mass is 300 g/mol. The van der Waals surface area contributed by atoms with Gasteiger partial charge in [-0.1, -0.05) is 64.2 Å². The van der Waals surface area contributed by atoms with Gasteiger partial charge in [0, 0.05) is 0 Å². The third kappa shape index (κ3) is 10.1. The van der Waals surface area contributed by atoms with Crippen molar-refractivity contribution in [3.8, 4) is 0 Å². The molecule has 0 saturated heterocycles. The molecule has 2 saturated carbocycles. The normalized spacial score (nSPS) is 19.6. The molecule has 6 nitrogen and oxygen atoms in total. The van der Waals surface area contributed by atoms with E-state index in [0.717, 1.165) is 11.8 Å². The minimum absolute atomic E-state index is 0. The SMILES string of the molecule is C1CCC(CC2CCCCC2)CC1.N.NC(=O)NC(N)=O. The Morgan fingerprint density at radius 1 is 0.762 bits per heavy atom. The van der Waals surface area contributed by atoms with Crippen LogP contribution in [0.25, 0.3) is 0 Å². The number of hydrogen-bond acceptors (Lipinski definition) is 3. The van der Waals surface area contributed by atoms with Crippen LogP contribution in [0.1, 0.15) is 70.6 Å². The van der Waals surface area contributed by atoms with Gasteiger partial charge in [-0.2, -0.15) is 0 Å². The summed E-state index contributed by atoms with van der Waals surface area (Å²) < 4.78 is 0. The molecule has 0 atom stereocenters. The van der Waals surface area contributed by atoms with Crippen molar-refractivity contribution in [3.63, 3.8) is 0 Å². The molecule has 8 N–H and O–H groups in total. The number of rotatable bonds is 2. The van der Waals surface area contributed by atoms with E-state index in [1.54, 1.807) is 37.4 Å². The molecule has 0 unspecified atom stereocenters. The third-order valence-corrected chi connectivity index (χ3v) is 4.36. The Hall–Kier alpha value is -1.30. The molecule has 2 fully saturated rings. The van der Waals surface area contributed by atoms with Gasteiger partial charge in [-0.25, -0.2) is 9.59 Å². The molecule has 2 aliphatic carbocycles. The largest absolute Gasteiger partial charge is 0.351 e. The molecule has 6 heteroatoms. The summed E-state index contributed by atoms with van der Waals surface area (Å²) in [6.45, 7) is 0. The van der Waals surface area contributed by atoms with Gasteiger partial charge in [0.1, 0.15) is 0 Å². The number of hydrogen-bond donors (Lipinski definition) is 4. The van der Waals surface area contributed by atoms with Crippen molar-refractivity contribution >= 4 is 12.1 Å². The lowest BCUT2D eigenvalue weighted by molar-refractivity contribution is 0.236. The Morgan fingerprint density at radius 3 is 1.33 bits per heavy atom. The molecule has 4 amide bonds.